The van der Waals surface area contributed by atoms with Gasteiger partial charge in [-0.15, -0.1) is 0 Å². The van der Waals surface area contributed by atoms with Crippen molar-refractivity contribution in [2.45, 2.75) is 12.1 Å². The van der Waals surface area contributed by atoms with Gasteiger partial charge in [0.05, 0.1) is 25.9 Å². The van der Waals surface area contributed by atoms with Crippen LogP contribution in [-0.4, -0.2) is 38.4 Å². The second-order valence-electron chi connectivity index (χ2n) is 4.14. The smallest absolute Gasteiger partial charge is 0.165 e. The maximum Gasteiger partial charge on any atom is 0.165 e. The number of ether oxygens (including phenoxy) is 2. The van der Waals surface area contributed by atoms with Crippen molar-refractivity contribution in [3.63, 3.8) is 0 Å². The first-order valence-corrected chi connectivity index (χ1v) is 7.11. The molecule has 0 aromatic heterocycles. The van der Waals surface area contributed by atoms with Gasteiger partial charge in [0, 0.05) is 11.5 Å². The van der Waals surface area contributed by atoms with E-state index in [0.717, 1.165) is 23.7 Å². The van der Waals surface area contributed by atoms with E-state index >= 15 is 0 Å². The van der Waals surface area contributed by atoms with Crippen LogP contribution in [0.25, 0.3) is 0 Å². The zero-order valence-electron chi connectivity index (χ0n) is 10.6. The molecule has 0 spiro atoms. The predicted octanol–water partition coefficient (Wildman–Crippen LogP) is 2.23. The normalized spacial score (nSPS) is 21.6. The summed E-state index contributed by atoms with van der Waals surface area (Å²) in [5, 5.41) is 3.21. The number of thioether (sulfide) groups is 1. The molecule has 5 heteroatoms. The molecule has 0 saturated carbocycles. The molecule has 2 atom stereocenters. The molecule has 0 aliphatic carbocycles. The zero-order valence-corrected chi connectivity index (χ0v) is 11.4. The molecule has 1 N–H and O–H groups in total. The summed E-state index contributed by atoms with van der Waals surface area (Å²) in [5.74, 6) is 1.90. The summed E-state index contributed by atoms with van der Waals surface area (Å²) in [6.07, 6.45) is 0.0848. The molecule has 18 heavy (non-hydrogen) atoms. The molecule has 0 amide bonds. The number of hydrogen-bond donors (Lipinski definition) is 1. The van der Waals surface area contributed by atoms with E-state index in [2.05, 4.69) is 5.32 Å². The topological polar surface area (TPSA) is 30.5 Å². The van der Waals surface area contributed by atoms with E-state index in [-0.39, 0.29) is 23.7 Å². The third-order valence-electron chi connectivity index (χ3n) is 3.06. The van der Waals surface area contributed by atoms with E-state index in [1.807, 2.05) is 24.9 Å². The van der Waals surface area contributed by atoms with Crippen molar-refractivity contribution in [2.24, 2.45) is 0 Å². The van der Waals surface area contributed by atoms with Crippen molar-refractivity contribution in [3.8, 4) is 5.75 Å². The van der Waals surface area contributed by atoms with E-state index in [9.17, 15) is 4.39 Å². The van der Waals surface area contributed by atoms with E-state index < -0.39 is 0 Å². The van der Waals surface area contributed by atoms with Crippen molar-refractivity contribution >= 4 is 11.8 Å². The Labute approximate surface area is 111 Å². The van der Waals surface area contributed by atoms with Crippen LogP contribution in [0.5, 0.6) is 5.75 Å². The van der Waals surface area contributed by atoms with E-state index in [1.165, 1.54) is 13.2 Å². The first kappa shape index (κ1) is 13.6. The monoisotopic (exact) mass is 271 g/mol. The highest BCUT2D eigenvalue weighted by molar-refractivity contribution is 7.99. The number of rotatable bonds is 4. The lowest BCUT2D eigenvalue weighted by Crippen LogP contribution is -2.36. The van der Waals surface area contributed by atoms with Gasteiger partial charge in [0.15, 0.2) is 11.6 Å². The molecule has 1 aromatic carbocycles. The Kier molecular flexibility index (Phi) is 4.86. The molecule has 1 aliphatic rings. The average Bonchev–Trinajstić information content (AvgIpc) is 2.41. The Balaban J connectivity index is 2.18. The average molecular weight is 271 g/mol. The number of methoxy groups -OCH3 is 1. The SMILES string of the molecule is CNC(c1ccc(OC)c(F)c1)C1CSCCO1. The molecule has 2 unspecified atom stereocenters. The minimum absolute atomic E-state index is 0.0122. The summed E-state index contributed by atoms with van der Waals surface area (Å²) in [6, 6.07) is 5.07. The minimum atomic E-state index is -0.335. The molecule has 0 radical (unpaired) electrons. The maximum absolute atomic E-state index is 13.7. The number of benzene rings is 1. The van der Waals surface area contributed by atoms with Crippen LogP contribution in [0.15, 0.2) is 18.2 Å². The minimum Gasteiger partial charge on any atom is -0.494 e. The second-order valence-corrected chi connectivity index (χ2v) is 5.29. The number of likely N-dealkylation sites (N-methyl/N-ethyl adjacent to an activating group) is 1. The largest absolute Gasteiger partial charge is 0.494 e. The number of hydrogen-bond acceptors (Lipinski definition) is 4. The van der Waals surface area contributed by atoms with Gasteiger partial charge >= 0.3 is 0 Å². The fraction of sp³-hybridized carbons (Fsp3) is 0.538. The van der Waals surface area contributed by atoms with Crippen LogP contribution in [0, 0.1) is 5.82 Å². The van der Waals surface area contributed by atoms with Crippen molar-refractivity contribution in [3.05, 3.63) is 29.6 Å². The van der Waals surface area contributed by atoms with Crippen LogP contribution < -0.4 is 10.1 Å². The molecule has 3 nitrogen and oxygen atoms in total. The molecular weight excluding hydrogens is 253 g/mol. The van der Waals surface area contributed by atoms with Crippen molar-refractivity contribution < 1.29 is 13.9 Å². The Morgan fingerprint density at radius 1 is 1.56 bits per heavy atom. The maximum atomic E-state index is 13.7. The molecule has 1 fully saturated rings. The summed E-state index contributed by atoms with van der Waals surface area (Å²) in [5.41, 5.74) is 0.892. The third-order valence-corrected chi connectivity index (χ3v) is 4.08. The zero-order chi connectivity index (χ0) is 13.0. The molecule has 1 aliphatic heterocycles. The van der Waals surface area contributed by atoms with Gasteiger partial charge < -0.3 is 14.8 Å². The second kappa shape index (κ2) is 6.41. The summed E-state index contributed by atoms with van der Waals surface area (Å²) in [6.45, 7) is 0.756. The molecule has 1 saturated heterocycles. The van der Waals surface area contributed by atoms with Gasteiger partial charge in [-0.2, -0.15) is 11.8 Å². The molecule has 0 bridgehead atoms. The van der Waals surface area contributed by atoms with Crippen LogP contribution in [0.3, 0.4) is 0 Å². The van der Waals surface area contributed by atoms with E-state index in [1.54, 1.807) is 6.07 Å². The Morgan fingerprint density at radius 2 is 2.39 bits per heavy atom. The lowest BCUT2D eigenvalue weighted by atomic mass is 10.0. The number of nitrogens with one attached hydrogen (secondary N) is 1. The Hall–Kier alpha value is -0.780. The van der Waals surface area contributed by atoms with Gasteiger partial charge in [-0.25, -0.2) is 4.39 Å². The Morgan fingerprint density at radius 3 is 2.94 bits per heavy atom. The molecule has 1 aromatic rings. The molecular formula is C13H18FNO2S. The van der Waals surface area contributed by atoms with E-state index in [0.29, 0.717) is 0 Å². The van der Waals surface area contributed by atoms with Crippen LogP contribution in [0.2, 0.25) is 0 Å². The summed E-state index contributed by atoms with van der Waals surface area (Å²) in [7, 11) is 3.34. The van der Waals surface area contributed by atoms with E-state index in [4.69, 9.17) is 9.47 Å². The van der Waals surface area contributed by atoms with Gasteiger partial charge in [0.1, 0.15) is 0 Å². The Bertz CT molecular complexity index is 397. The van der Waals surface area contributed by atoms with Gasteiger partial charge in [0.25, 0.3) is 0 Å². The standard InChI is InChI=1S/C13H18FNO2S/c1-15-13(12-8-18-6-5-17-12)9-3-4-11(16-2)10(14)7-9/h3-4,7,12-13,15H,5-6,8H2,1-2H3. The fourth-order valence-electron chi connectivity index (χ4n) is 2.14. The number of halogens is 1. The summed E-state index contributed by atoms with van der Waals surface area (Å²) >= 11 is 1.87. The van der Waals surface area contributed by atoms with Crippen LogP contribution >= 0.6 is 11.8 Å². The predicted molar refractivity (Wildman–Crippen MR) is 71.8 cm³/mol. The lowest BCUT2D eigenvalue weighted by Gasteiger charge is -2.30. The highest BCUT2D eigenvalue weighted by atomic mass is 32.2. The van der Waals surface area contributed by atoms with Crippen LogP contribution in [0.4, 0.5) is 4.39 Å². The molecule has 1 heterocycles. The van der Waals surface area contributed by atoms with Gasteiger partial charge in [-0.05, 0) is 24.7 Å². The van der Waals surface area contributed by atoms with Crippen LogP contribution in [-0.2, 0) is 4.74 Å². The fourth-order valence-corrected chi connectivity index (χ4v) is 3.04. The van der Waals surface area contributed by atoms with Gasteiger partial charge in [0.2, 0.25) is 0 Å². The third kappa shape index (κ3) is 2.96. The van der Waals surface area contributed by atoms with Gasteiger partial charge in [-0.1, -0.05) is 6.07 Å². The van der Waals surface area contributed by atoms with Gasteiger partial charge in [-0.3, -0.25) is 0 Å². The lowest BCUT2D eigenvalue weighted by molar-refractivity contribution is 0.0487. The van der Waals surface area contributed by atoms with Crippen LogP contribution in [0.1, 0.15) is 11.6 Å². The van der Waals surface area contributed by atoms with Crippen molar-refractivity contribution in [1.82, 2.24) is 5.32 Å². The quantitative estimate of drug-likeness (QED) is 0.909. The molecule has 2 rings (SSSR count). The van der Waals surface area contributed by atoms with Crippen molar-refractivity contribution in [2.75, 3.05) is 32.3 Å². The first-order valence-electron chi connectivity index (χ1n) is 5.96. The highest BCUT2D eigenvalue weighted by Gasteiger charge is 2.25. The first-order chi connectivity index (χ1) is 8.76. The van der Waals surface area contributed by atoms with Crippen molar-refractivity contribution in [1.29, 1.82) is 0 Å². The highest BCUT2D eigenvalue weighted by Crippen LogP contribution is 2.28. The summed E-state index contributed by atoms with van der Waals surface area (Å²) in [4.78, 5) is 0. The molecule has 100 valence electrons. The summed E-state index contributed by atoms with van der Waals surface area (Å²) < 4.78 is 24.4.